The molecule has 0 aliphatic heterocycles. The van der Waals surface area contributed by atoms with Crippen molar-refractivity contribution in [3.63, 3.8) is 0 Å². The van der Waals surface area contributed by atoms with Gasteiger partial charge in [0.05, 0.1) is 24.3 Å². The summed E-state index contributed by atoms with van der Waals surface area (Å²) in [7, 11) is -2.39. The molecule has 3 aromatic rings. The van der Waals surface area contributed by atoms with Gasteiger partial charge < -0.3 is 14.8 Å². The minimum absolute atomic E-state index is 0.0414. The molecule has 0 aliphatic rings. The van der Waals surface area contributed by atoms with Gasteiger partial charge >= 0.3 is 0 Å². The first kappa shape index (κ1) is 26.4. The van der Waals surface area contributed by atoms with E-state index in [1.54, 1.807) is 31.4 Å². The van der Waals surface area contributed by atoms with E-state index in [-0.39, 0.29) is 11.4 Å². The zero-order chi connectivity index (χ0) is 25.3. The second-order valence-electron chi connectivity index (χ2n) is 7.66. The summed E-state index contributed by atoms with van der Waals surface area (Å²) in [6.45, 7) is 2.38. The highest BCUT2D eigenvalue weighted by molar-refractivity contribution is 7.92. The molecule has 3 aromatic carbocycles. The van der Waals surface area contributed by atoms with Gasteiger partial charge in [0, 0.05) is 11.6 Å². The predicted molar refractivity (Wildman–Crippen MR) is 138 cm³/mol. The molecule has 3 rings (SSSR count). The molecule has 0 heterocycles. The highest BCUT2D eigenvalue weighted by atomic mass is 35.5. The Hall–Kier alpha value is -3.23. The number of benzene rings is 3. The van der Waals surface area contributed by atoms with Gasteiger partial charge in [0.2, 0.25) is 5.91 Å². The van der Waals surface area contributed by atoms with Crippen LogP contribution in [0.5, 0.6) is 11.5 Å². The van der Waals surface area contributed by atoms with Gasteiger partial charge in [-0.2, -0.15) is 0 Å². The Morgan fingerprint density at radius 1 is 1.00 bits per heavy atom. The van der Waals surface area contributed by atoms with Gasteiger partial charge in [0.15, 0.2) is 0 Å². The summed E-state index contributed by atoms with van der Waals surface area (Å²) in [6, 6.07) is 20.1. The molecule has 35 heavy (non-hydrogen) atoms. The molecule has 1 amide bonds. The Bertz CT molecular complexity index is 1220. The molecule has 9 heteroatoms. The van der Waals surface area contributed by atoms with Gasteiger partial charge in [-0.25, -0.2) is 8.42 Å². The summed E-state index contributed by atoms with van der Waals surface area (Å²) >= 11 is 5.93. The molecule has 0 fully saturated rings. The van der Waals surface area contributed by atoms with Crippen LogP contribution in [0.4, 0.5) is 5.69 Å². The lowest BCUT2D eigenvalue weighted by molar-refractivity contribution is -0.119. The van der Waals surface area contributed by atoms with E-state index in [4.69, 9.17) is 21.1 Å². The smallest absolute Gasteiger partial charge is 0.264 e. The van der Waals surface area contributed by atoms with Crippen molar-refractivity contribution in [2.75, 3.05) is 31.1 Å². The molecular weight excluding hydrogens is 488 g/mol. The van der Waals surface area contributed by atoms with Crippen LogP contribution in [0.25, 0.3) is 0 Å². The van der Waals surface area contributed by atoms with E-state index in [2.05, 4.69) is 5.32 Å². The van der Waals surface area contributed by atoms with Crippen LogP contribution >= 0.6 is 11.6 Å². The van der Waals surface area contributed by atoms with E-state index < -0.39 is 15.9 Å². The molecule has 0 aromatic heterocycles. The fourth-order valence-electron chi connectivity index (χ4n) is 3.53. The van der Waals surface area contributed by atoms with Crippen molar-refractivity contribution in [2.24, 2.45) is 0 Å². The van der Waals surface area contributed by atoms with E-state index in [0.29, 0.717) is 36.0 Å². The molecule has 0 saturated heterocycles. The van der Waals surface area contributed by atoms with Gasteiger partial charge in [-0.15, -0.1) is 0 Å². The van der Waals surface area contributed by atoms with Crippen molar-refractivity contribution in [3.8, 4) is 11.5 Å². The molecule has 0 saturated carbocycles. The number of aryl methyl sites for hydroxylation is 1. The number of methoxy groups -OCH3 is 1. The zero-order valence-electron chi connectivity index (χ0n) is 19.7. The van der Waals surface area contributed by atoms with Crippen LogP contribution in [-0.2, 0) is 21.2 Å². The van der Waals surface area contributed by atoms with Crippen LogP contribution in [-0.4, -0.2) is 41.1 Å². The summed E-state index contributed by atoms with van der Waals surface area (Å²) in [6.07, 6.45) is 1.40. The summed E-state index contributed by atoms with van der Waals surface area (Å²) in [5.41, 5.74) is 1.40. The number of hydrogen-bond donors (Lipinski definition) is 1. The second-order valence-corrected chi connectivity index (χ2v) is 9.96. The number of sulfonamides is 1. The number of nitrogens with zero attached hydrogens (tertiary/aromatic N) is 1. The number of hydrogen-bond acceptors (Lipinski definition) is 5. The summed E-state index contributed by atoms with van der Waals surface area (Å²) in [5, 5.41) is 3.24. The maximum atomic E-state index is 13.4. The first-order valence-corrected chi connectivity index (χ1v) is 13.1. The van der Waals surface area contributed by atoms with Crippen LogP contribution in [0.2, 0.25) is 5.02 Å². The highest BCUT2D eigenvalue weighted by Gasteiger charge is 2.27. The molecule has 0 bridgehead atoms. The molecule has 0 aliphatic carbocycles. The lowest BCUT2D eigenvalue weighted by Crippen LogP contribution is -2.41. The SMILES string of the molecule is CCOc1ccc(N(CC(=O)NCCCc2ccccc2OC)S(=O)(=O)c2ccc(Cl)cc2)cc1. The summed E-state index contributed by atoms with van der Waals surface area (Å²) in [5.74, 6) is 1.01. The minimum Gasteiger partial charge on any atom is -0.496 e. The Kier molecular flexibility index (Phi) is 9.39. The first-order chi connectivity index (χ1) is 16.8. The maximum absolute atomic E-state index is 13.4. The van der Waals surface area contributed by atoms with Crippen molar-refractivity contribution in [2.45, 2.75) is 24.7 Å². The molecule has 0 unspecified atom stereocenters. The van der Waals surface area contributed by atoms with E-state index in [9.17, 15) is 13.2 Å². The van der Waals surface area contributed by atoms with Crippen molar-refractivity contribution < 1.29 is 22.7 Å². The average Bonchev–Trinajstić information content (AvgIpc) is 2.86. The fourth-order valence-corrected chi connectivity index (χ4v) is 5.07. The van der Waals surface area contributed by atoms with Crippen LogP contribution in [0.15, 0.2) is 77.7 Å². The van der Waals surface area contributed by atoms with Gasteiger partial charge in [0.25, 0.3) is 10.0 Å². The number of halogens is 1. The first-order valence-electron chi connectivity index (χ1n) is 11.2. The number of rotatable bonds is 12. The van der Waals surface area contributed by atoms with Crippen molar-refractivity contribution in [3.05, 3.63) is 83.4 Å². The van der Waals surface area contributed by atoms with E-state index in [1.807, 2.05) is 31.2 Å². The predicted octanol–water partition coefficient (Wildman–Crippen LogP) is 4.69. The summed E-state index contributed by atoms with van der Waals surface area (Å²) < 4.78 is 38.8. The van der Waals surface area contributed by atoms with Crippen molar-refractivity contribution in [1.82, 2.24) is 5.32 Å². The number of carbonyl (C=O) groups excluding carboxylic acids is 1. The lowest BCUT2D eigenvalue weighted by Gasteiger charge is -2.24. The quantitative estimate of drug-likeness (QED) is 0.353. The van der Waals surface area contributed by atoms with Gasteiger partial charge in [-0.3, -0.25) is 9.10 Å². The van der Waals surface area contributed by atoms with Crippen molar-refractivity contribution in [1.29, 1.82) is 0 Å². The third kappa shape index (κ3) is 7.13. The number of ether oxygens (including phenoxy) is 2. The normalized spacial score (nSPS) is 11.1. The van der Waals surface area contributed by atoms with Crippen LogP contribution < -0.4 is 19.1 Å². The fraction of sp³-hybridized carbons (Fsp3) is 0.269. The molecule has 1 N–H and O–H groups in total. The van der Waals surface area contributed by atoms with E-state index in [0.717, 1.165) is 22.0 Å². The lowest BCUT2D eigenvalue weighted by atomic mass is 10.1. The highest BCUT2D eigenvalue weighted by Crippen LogP contribution is 2.26. The van der Waals surface area contributed by atoms with Gasteiger partial charge in [0.1, 0.15) is 18.0 Å². The number of anilines is 1. The van der Waals surface area contributed by atoms with Crippen LogP contribution in [0.1, 0.15) is 18.9 Å². The average molecular weight is 517 g/mol. The summed E-state index contributed by atoms with van der Waals surface area (Å²) in [4.78, 5) is 12.8. The Labute approximate surface area is 211 Å². The monoisotopic (exact) mass is 516 g/mol. The molecule has 0 atom stereocenters. The Balaban J connectivity index is 1.72. The topological polar surface area (TPSA) is 84.9 Å². The number of nitrogens with one attached hydrogen (secondary N) is 1. The molecular formula is C26H29ClN2O5S. The molecule has 0 spiro atoms. The van der Waals surface area contributed by atoms with Gasteiger partial charge in [-0.1, -0.05) is 29.8 Å². The third-order valence-corrected chi connectivity index (χ3v) is 7.30. The van der Waals surface area contributed by atoms with Crippen LogP contribution in [0, 0.1) is 0 Å². The van der Waals surface area contributed by atoms with E-state index >= 15 is 0 Å². The number of para-hydroxylation sites is 1. The van der Waals surface area contributed by atoms with E-state index in [1.165, 1.54) is 24.3 Å². The molecule has 186 valence electrons. The Morgan fingerprint density at radius 3 is 2.34 bits per heavy atom. The minimum atomic E-state index is -4.02. The van der Waals surface area contributed by atoms with Gasteiger partial charge in [-0.05, 0) is 79.9 Å². The van der Waals surface area contributed by atoms with Crippen LogP contribution in [0.3, 0.4) is 0 Å². The largest absolute Gasteiger partial charge is 0.496 e. The third-order valence-electron chi connectivity index (χ3n) is 5.26. The molecule has 0 radical (unpaired) electrons. The number of amides is 1. The zero-order valence-corrected chi connectivity index (χ0v) is 21.3. The number of carbonyl (C=O) groups is 1. The second kappa shape index (κ2) is 12.5. The maximum Gasteiger partial charge on any atom is 0.264 e. The molecule has 7 nitrogen and oxygen atoms in total. The standard InChI is InChI=1S/C26H29ClN2O5S/c1-3-34-23-14-12-22(13-15-23)29(35(31,32)24-16-10-21(27)11-17-24)19-26(30)28-18-6-8-20-7-4-5-9-25(20)33-2/h4-5,7,9-17H,3,6,8,18-19H2,1-2H3,(H,28,30). The Morgan fingerprint density at radius 2 is 1.69 bits per heavy atom. The van der Waals surface area contributed by atoms with Crippen molar-refractivity contribution >= 4 is 33.2 Å².